The van der Waals surface area contributed by atoms with Crippen molar-refractivity contribution >= 4 is 39.3 Å². The number of fused-ring (bicyclic) bond motifs is 1. The van der Waals surface area contributed by atoms with Crippen LogP contribution in [0, 0.1) is 0 Å². The number of alkyl halides is 1. The third kappa shape index (κ3) is 2.84. The number of carbonyl (C=O) groups is 1. The van der Waals surface area contributed by atoms with Gasteiger partial charge in [-0.05, 0) is 37.7 Å². The van der Waals surface area contributed by atoms with Gasteiger partial charge >= 0.3 is 0 Å². The van der Waals surface area contributed by atoms with E-state index >= 15 is 0 Å². The highest BCUT2D eigenvalue weighted by Gasteiger charge is 2.23. The summed E-state index contributed by atoms with van der Waals surface area (Å²) in [5, 5.41) is 3.14. The molecule has 0 atom stereocenters. The van der Waals surface area contributed by atoms with E-state index in [1.165, 1.54) is 10.5 Å². The van der Waals surface area contributed by atoms with Crippen LogP contribution in [0.5, 0.6) is 0 Å². The van der Waals surface area contributed by atoms with Crippen molar-refractivity contribution in [1.29, 1.82) is 0 Å². The highest BCUT2D eigenvalue weighted by atomic mass is 79.9. The number of nitrogens with one attached hydrogen (secondary N) is 1. The Balaban J connectivity index is 2.28. The molecule has 1 amide bonds. The van der Waals surface area contributed by atoms with Crippen molar-refractivity contribution in [2.75, 3.05) is 29.7 Å². The number of thioether (sulfide) groups is 1. The molecule has 1 aliphatic heterocycles. The topological polar surface area (TPSA) is 32.3 Å². The number of carbonyl (C=O) groups excluding carboxylic acids is 1. The van der Waals surface area contributed by atoms with Crippen molar-refractivity contribution in [2.45, 2.75) is 11.3 Å². The second kappa shape index (κ2) is 5.89. The minimum atomic E-state index is 0.171. The molecular weight excluding hydrogens is 300 g/mol. The molecule has 0 unspecified atom stereocenters. The number of hydrogen-bond donors (Lipinski definition) is 1. The largest absolute Gasteiger partial charge is 0.319 e. The fraction of sp³-hybridized carbons (Fsp3) is 0.417. The van der Waals surface area contributed by atoms with Gasteiger partial charge in [-0.25, -0.2) is 0 Å². The van der Waals surface area contributed by atoms with E-state index in [4.69, 9.17) is 0 Å². The van der Waals surface area contributed by atoms with Crippen LogP contribution in [0.25, 0.3) is 0 Å². The van der Waals surface area contributed by atoms with Gasteiger partial charge in [0.25, 0.3) is 0 Å². The first-order valence-electron chi connectivity index (χ1n) is 5.53. The first kappa shape index (κ1) is 12.9. The molecule has 0 radical (unpaired) electrons. The molecule has 5 heteroatoms. The SMILES string of the molecule is CNCCc1ccc2c(c1)N(CBr)C(=O)CS2. The van der Waals surface area contributed by atoms with Crippen LogP contribution in [-0.4, -0.2) is 30.7 Å². The number of likely N-dealkylation sites (N-methyl/N-ethyl adjacent to an activating group) is 1. The molecule has 1 heterocycles. The number of halogens is 1. The van der Waals surface area contributed by atoms with Gasteiger partial charge in [-0.2, -0.15) is 0 Å². The highest BCUT2D eigenvalue weighted by molar-refractivity contribution is 9.09. The lowest BCUT2D eigenvalue weighted by Crippen LogP contribution is -2.34. The van der Waals surface area contributed by atoms with E-state index < -0.39 is 0 Å². The maximum absolute atomic E-state index is 11.8. The van der Waals surface area contributed by atoms with E-state index in [1.807, 2.05) is 7.05 Å². The van der Waals surface area contributed by atoms with Crippen LogP contribution in [0.1, 0.15) is 5.56 Å². The Bertz CT molecular complexity index is 425. The predicted molar refractivity (Wildman–Crippen MR) is 76.1 cm³/mol. The monoisotopic (exact) mass is 314 g/mol. The maximum Gasteiger partial charge on any atom is 0.238 e. The zero-order valence-electron chi connectivity index (χ0n) is 9.70. The van der Waals surface area contributed by atoms with Crippen molar-refractivity contribution in [3.05, 3.63) is 23.8 Å². The summed E-state index contributed by atoms with van der Waals surface area (Å²) in [5.74, 6) is 0.708. The summed E-state index contributed by atoms with van der Waals surface area (Å²) in [4.78, 5) is 14.8. The number of nitrogens with zero attached hydrogens (tertiary/aromatic N) is 1. The average Bonchev–Trinajstić information content (AvgIpc) is 2.36. The molecule has 1 aliphatic rings. The number of hydrogen-bond acceptors (Lipinski definition) is 3. The summed E-state index contributed by atoms with van der Waals surface area (Å²) in [5.41, 5.74) is 2.87. The smallest absolute Gasteiger partial charge is 0.238 e. The molecule has 0 fully saturated rings. The van der Waals surface area contributed by atoms with Crippen LogP contribution in [0.2, 0.25) is 0 Å². The minimum absolute atomic E-state index is 0.171. The third-order valence-electron chi connectivity index (χ3n) is 2.75. The van der Waals surface area contributed by atoms with E-state index in [0.29, 0.717) is 11.2 Å². The van der Waals surface area contributed by atoms with Gasteiger partial charge in [0, 0.05) is 4.90 Å². The minimum Gasteiger partial charge on any atom is -0.319 e. The maximum atomic E-state index is 11.8. The molecule has 0 saturated heterocycles. The molecule has 1 N–H and O–H groups in total. The number of benzene rings is 1. The van der Waals surface area contributed by atoms with Crippen LogP contribution < -0.4 is 10.2 Å². The van der Waals surface area contributed by atoms with Crippen molar-refractivity contribution in [3.63, 3.8) is 0 Å². The zero-order chi connectivity index (χ0) is 12.3. The zero-order valence-corrected chi connectivity index (χ0v) is 12.1. The average molecular weight is 315 g/mol. The van der Waals surface area contributed by atoms with Crippen LogP contribution in [0.15, 0.2) is 23.1 Å². The molecule has 3 nitrogen and oxygen atoms in total. The molecule has 0 spiro atoms. The Morgan fingerprint density at radius 3 is 3.06 bits per heavy atom. The standard InChI is InChI=1S/C12H15BrN2OS/c1-14-5-4-9-2-3-11-10(6-9)15(8-13)12(16)7-17-11/h2-3,6,14H,4-5,7-8H2,1H3. The summed E-state index contributed by atoms with van der Waals surface area (Å²) < 4.78 is 0. The number of rotatable bonds is 4. The van der Waals surface area contributed by atoms with Gasteiger partial charge in [0.05, 0.1) is 16.9 Å². The van der Waals surface area contributed by atoms with Crippen LogP contribution in [0.4, 0.5) is 5.69 Å². The molecule has 0 aromatic heterocycles. The van der Waals surface area contributed by atoms with Gasteiger partial charge in [0.2, 0.25) is 5.91 Å². The Morgan fingerprint density at radius 2 is 2.35 bits per heavy atom. The summed E-state index contributed by atoms with van der Waals surface area (Å²) in [6, 6.07) is 6.39. The first-order valence-corrected chi connectivity index (χ1v) is 7.63. The van der Waals surface area contributed by atoms with E-state index in [2.05, 4.69) is 39.4 Å². The lowest BCUT2D eigenvalue weighted by molar-refractivity contribution is -0.116. The molecule has 92 valence electrons. The second-order valence-electron chi connectivity index (χ2n) is 3.89. The van der Waals surface area contributed by atoms with E-state index in [-0.39, 0.29) is 5.91 Å². The molecule has 17 heavy (non-hydrogen) atoms. The van der Waals surface area contributed by atoms with Gasteiger partial charge in [-0.3, -0.25) is 4.79 Å². The van der Waals surface area contributed by atoms with Crippen LogP contribution in [0.3, 0.4) is 0 Å². The molecule has 0 bridgehead atoms. The van der Waals surface area contributed by atoms with Gasteiger partial charge in [-0.15, -0.1) is 11.8 Å². The Hall–Kier alpha value is -0.520. The molecule has 0 saturated carbocycles. The summed E-state index contributed by atoms with van der Waals surface area (Å²) in [6.45, 7) is 0.953. The van der Waals surface area contributed by atoms with Crippen molar-refractivity contribution in [1.82, 2.24) is 5.32 Å². The summed E-state index contributed by atoms with van der Waals surface area (Å²) >= 11 is 5.00. The number of anilines is 1. The highest BCUT2D eigenvalue weighted by Crippen LogP contribution is 2.36. The fourth-order valence-corrected chi connectivity index (χ4v) is 3.27. The predicted octanol–water partition coefficient (Wildman–Crippen LogP) is 2.24. The molecular formula is C12H15BrN2OS. The Kier molecular flexibility index (Phi) is 4.48. The second-order valence-corrected chi connectivity index (χ2v) is 5.40. The van der Waals surface area contributed by atoms with Gasteiger partial charge in [0.1, 0.15) is 0 Å². The lowest BCUT2D eigenvalue weighted by atomic mass is 10.1. The van der Waals surface area contributed by atoms with Crippen molar-refractivity contribution in [3.8, 4) is 0 Å². The third-order valence-corrected chi connectivity index (χ3v) is 4.30. The lowest BCUT2D eigenvalue weighted by Gasteiger charge is -2.27. The number of amides is 1. The van der Waals surface area contributed by atoms with Gasteiger partial charge in [0.15, 0.2) is 0 Å². The Labute approximate surface area is 114 Å². The molecule has 1 aromatic carbocycles. The molecule has 2 rings (SSSR count). The summed E-state index contributed by atoms with van der Waals surface area (Å²) in [7, 11) is 1.95. The normalized spacial score (nSPS) is 14.9. The quantitative estimate of drug-likeness (QED) is 0.683. The van der Waals surface area contributed by atoms with Crippen LogP contribution in [-0.2, 0) is 11.2 Å². The van der Waals surface area contributed by atoms with Gasteiger partial charge in [-0.1, -0.05) is 22.0 Å². The van der Waals surface area contributed by atoms with Crippen molar-refractivity contribution < 1.29 is 4.79 Å². The van der Waals surface area contributed by atoms with Crippen molar-refractivity contribution in [2.24, 2.45) is 0 Å². The van der Waals surface area contributed by atoms with E-state index in [0.717, 1.165) is 18.7 Å². The van der Waals surface area contributed by atoms with E-state index in [1.54, 1.807) is 16.7 Å². The first-order chi connectivity index (χ1) is 8.26. The summed E-state index contributed by atoms with van der Waals surface area (Å²) in [6.07, 6.45) is 0.985. The Morgan fingerprint density at radius 1 is 1.53 bits per heavy atom. The van der Waals surface area contributed by atoms with Gasteiger partial charge < -0.3 is 10.2 Å². The molecule has 0 aliphatic carbocycles. The van der Waals surface area contributed by atoms with Crippen LogP contribution >= 0.6 is 27.7 Å². The fourth-order valence-electron chi connectivity index (χ4n) is 1.80. The van der Waals surface area contributed by atoms with E-state index in [9.17, 15) is 4.79 Å². The molecule has 1 aromatic rings.